The van der Waals surface area contributed by atoms with Crippen LogP contribution in [0, 0.1) is 0 Å². The summed E-state index contributed by atoms with van der Waals surface area (Å²) in [6.07, 6.45) is 1.44. The van der Waals surface area contributed by atoms with E-state index in [0.717, 1.165) is 12.1 Å². The number of methoxy groups -OCH3 is 1. The van der Waals surface area contributed by atoms with Crippen LogP contribution in [0.3, 0.4) is 0 Å². The third kappa shape index (κ3) is 3.92. The lowest BCUT2D eigenvalue weighted by atomic mass is 10.1. The van der Waals surface area contributed by atoms with E-state index in [0.29, 0.717) is 11.6 Å². The lowest BCUT2D eigenvalue weighted by Gasteiger charge is -2.17. The molecule has 1 aromatic heterocycles. The second-order valence-corrected chi connectivity index (χ2v) is 4.33. The number of rotatable bonds is 6. The molecule has 0 fully saturated rings. The van der Waals surface area contributed by atoms with Gasteiger partial charge in [-0.05, 0) is 12.5 Å². The van der Waals surface area contributed by atoms with E-state index in [9.17, 15) is 4.79 Å². The fraction of sp³-hybridized carbons (Fsp3) is 0.267. The maximum absolute atomic E-state index is 12.0. The lowest BCUT2D eigenvalue weighted by Crippen LogP contribution is -2.22. The van der Waals surface area contributed by atoms with E-state index in [1.807, 2.05) is 37.3 Å². The molecule has 2 rings (SSSR count). The highest BCUT2D eigenvalue weighted by molar-refractivity contribution is 5.80. The Balaban J connectivity index is 2.23. The van der Waals surface area contributed by atoms with Gasteiger partial charge in [-0.1, -0.05) is 30.3 Å². The minimum atomic E-state index is -0.611. The average Bonchev–Trinajstić information content (AvgIpc) is 2.53. The molecule has 1 heterocycles. The Bertz CT molecular complexity index is 589. The average molecular weight is 286 g/mol. The zero-order chi connectivity index (χ0) is 15.1. The molecule has 0 amide bonds. The predicted molar refractivity (Wildman–Crippen MR) is 81.0 cm³/mol. The van der Waals surface area contributed by atoms with Crippen LogP contribution < -0.4 is 10.6 Å². The first-order valence-corrected chi connectivity index (χ1v) is 6.69. The lowest BCUT2D eigenvalue weighted by molar-refractivity contribution is -0.141. The largest absolute Gasteiger partial charge is 0.467 e. The fourth-order valence-electron chi connectivity index (χ4n) is 1.90. The minimum absolute atomic E-state index is 0.371. The third-order valence-corrected chi connectivity index (χ3v) is 2.89. The second-order valence-electron chi connectivity index (χ2n) is 4.33. The van der Waals surface area contributed by atoms with Gasteiger partial charge in [0, 0.05) is 12.6 Å². The number of nitrogens with zero attached hydrogens (tertiary/aromatic N) is 2. The quantitative estimate of drug-likeness (QED) is 0.793. The Morgan fingerprint density at radius 2 is 1.95 bits per heavy atom. The predicted octanol–water partition coefficient (Wildman–Crippen LogP) is 2.23. The van der Waals surface area contributed by atoms with Crippen molar-refractivity contribution in [2.75, 3.05) is 24.3 Å². The van der Waals surface area contributed by atoms with Gasteiger partial charge in [-0.2, -0.15) is 0 Å². The molecule has 110 valence electrons. The SMILES string of the molecule is CCNc1cc(NC(C(=O)OC)c2ccccc2)ncn1. The molecule has 0 saturated heterocycles. The molecule has 0 bridgehead atoms. The highest BCUT2D eigenvalue weighted by atomic mass is 16.5. The molecule has 0 saturated carbocycles. The molecule has 0 aliphatic rings. The highest BCUT2D eigenvalue weighted by Crippen LogP contribution is 2.20. The molecule has 0 spiro atoms. The summed E-state index contributed by atoms with van der Waals surface area (Å²) in [6, 6.07) is 10.5. The van der Waals surface area contributed by atoms with Crippen molar-refractivity contribution < 1.29 is 9.53 Å². The van der Waals surface area contributed by atoms with Gasteiger partial charge in [-0.15, -0.1) is 0 Å². The number of carbonyl (C=O) groups is 1. The molecule has 2 N–H and O–H groups in total. The van der Waals surface area contributed by atoms with E-state index in [2.05, 4.69) is 20.6 Å². The number of carbonyl (C=O) groups excluding carboxylic acids is 1. The summed E-state index contributed by atoms with van der Waals surface area (Å²) in [7, 11) is 1.37. The third-order valence-electron chi connectivity index (χ3n) is 2.89. The standard InChI is InChI=1S/C15H18N4O2/c1-3-16-12-9-13(18-10-17-12)19-14(15(20)21-2)11-7-5-4-6-8-11/h4-10,14H,3H2,1-2H3,(H2,16,17,18,19). The van der Waals surface area contributed by atoms with Gasteiger partial charge in [0.05, 0.1) is 7.11 Å². The fourth-order valence-corrected chi connectivity index (χ4v) is 1.90. The van der Waals surface area contributed by atoms with Crippen molar-refractivity contribution in [1.29, 1.82) is 0 Å². The number of hydrogen-bond acceptors (Lipinski definition) is 6. The van der Waals surface area contributed by atoms with Crippen molar-refractivity contribution in [3.8, 4) is 0 Å². The molecule has 2 aromatic rings. The molecule has 0 aliphatic carbocycles. The molecule has 0 aliphatic heterocycles. The summed E-state index contributed by atoms with van der Waals surface area (Å²) in [5.41, 5.74) is 0.813. The van der Waals surface area contributed by atoms with Gasteiger partial charge in [-0.25, -0.2) is 14.8 Å². The number of benzene rings is 1. The van der Waals surface area contributed by atoms with Crippen LogP contribution in [0.5, 0.6) is 0 Å². The highest BCUT2D eigenvalue weighted by Gasteiger charge is 2.21. The van der Waals surface area contributed by atoms with E-state index in [-0.39, 0.29) is 5.97 Å². The Hall–Kier alpha value is -2.63. The number of nitrogens with one attached hydrogen (secondary N) is 2. The van der Waals surface area contributed by atoms with Gasteiger partial charge >= 0.3 is 5.97 Å². The summed E-state index contributed by atoms with van der Waals surface area (Å²) < 4.78 is 4.86. The van der Waals surface area contributed by atoms with E-state index in [1.165, 1.54) is 13.4 Å². The zero-order valence-corrected chi connectivity index (χ0v) is 12.0. The normalized spacial score (nSPS) is 11.5. The van der Waals surface area contributed by atoms with E-state index in [1.54, 1.807) is 6.07 Å². The first-order valence-electron chi connectivity index (χ1n) is 6.69. The second kappa shape index (κ2) is 7.23. The molecule has 21 heavy (non-hydrogen) atoms. The summed E-state index contributed by atoms with van der Waals surface area (Å²) >= 11 is 0. The van der Waals surface area contributed by atoms with Crippen LogP contribution in [0.15, 0.2) is 42.7 Å². The smallest absolute Gasteiger partial charge is 0.333 e. The van der Waals surface area contributed by atoms with Crippen LogP contribution in [-0.4, -0.2) is 29.6 Å². The Labute approximate surface area is 123 Å². The summed E-state index contributed by atoms with van der Waals surface area (Å²) in [5, 5.41) is 6.18. The minimum Gasteiger partial charge on any atom is -0.467 e. The molecule has 1 aromatic carbocycles. The van der Waals surface area contributed by atoms with Gasteiger partial charge in [0.15, 0.2) is 6.04 Å². The number of hydrogen-bond donors (Lipinski definition) is 2. The maximum Gasteiger partial charge on any atom is 0.333 e. The molecule has 6 heteroatoms. The van der Waals surface area contributed by atoms with Crippen LogP contribution in [-0.2, 0) is 9.53 Å². The summed E-state index contributed by atoms with van der Waals surface area (Å²) in [4.78, 5) is 20.2. The zero-order valence-electron chi connectivity index (χ0n) is 12.0. The van der Waals surface area contributed by atoms with Crippen LogP contribution in [0.25, 0.3) is 0 Å². The first kappa shape index (κ1) is 14.8. The van der Waals surface area contributed by atoms with Crippen LogP contribution >= 0.6 is 0 Å². The van der Waals surface area contributed by atoms with Gasteiger partial charge in [0.2, 0.25) is 0 Å². The monoisotopic (exact) mass is 286 g/mol. The van der Waals surface area contributed by atoms with Gasteiger partial charge in [-0.3, -0.25) is 0 Å². The van der Waals surface area contributed by atoms with Crippen molar-refractivity contribution in [3.05, 3.63) is 48.3 Å². The molecular weight excluding hydrogens is 268 g/mol. The topological polar surface area (TPSA) is 76.1 Å². The van der Waals surface area contributed by atoms with E-state index in [4.69, 9.17) is 4.74 Å². The number of aromatic nitrogens is 2. The summed E-state index contributed by atoms with van der Waals surface area (Å²) in [6.45, 7) is 2.74. The molecule has 1 atom stereocenters. The van der Waals surface area contributed by atoms with Gasteiger partial charge < -0.3 is 15.4 Å². The van der Waals surface area contributed by atoms with Gasteiger partial charge in [0.1, 0.15) is 18.0 Å². The molecule has 0 radical (unpaired) electrons. The molecule has 6 nitrogen and oxygen atoms in total. The number of esters is 1. The van der Waals surface area contributed by atoms with Gasteiger partial charge in [0.25, 0.3) is 0 Å². The van der Waals surface area contributed by atoms with Crippen molar-refractivity contribution in [2.45, 2.75) is 13.0 Å². The van der Waals surface area contributed by atoms with Crippen LogP contribution in [0.1, 0.15) is 18.5 Å². The van der Waals surface area contributed by atoms with Crippen LogP contribution in [0.2, 0.25) is 0 Å². The molecule has 1 unspecified atom stereocenters. The van der Waals surface area contributed by atoms with E-state index >= 15 is 0 Å². The maximum atomic E-state index is 12.0. The summed E-state index contributed by atoms with van der Waals surface area (Å²) in [5.74, 6) is 0.886. The Morgan fingerprint density at radius 1 is 1.24 bits per heavy atom. The van der Waals surface area contributed by atoms with Crippen molar-refractivity contribution in [3.63, 3.8) is 0 Å². The van der Waals surface area contributed by atoms with Crippen molar-refractivity contribution in [1.82, 2.24) is 9.97 Å². The molecular formula is C15H18N4O2. The first-order chi connectivity index (χ1) is 10.2. The Morgan fingerprint density at radius 3 is 2.62 bits per heavy atom. The van der Waals surface area contributed by atoms with Crippen molar-refractivity contribution >= 4 is 17.6 Å². The number of ether oxygens (including phenoxy) is 1. The van der Waals surface area contributed by atoms with Crippen LogP contribution in [0.4, 0.5) is 11.6 Å². The van der Waals surface area contributed by atoms with Crippen molar-refractivity contribution in [2.24, 2.45) is 0 Å². The Kier molecular flexibility index (Phi) is 5.09. The number of anilines is 2. The van der Waals surface area contributed by atoms with E-state index < -0.39 is 6.04 Å².